The Labute approximate surface area is 96.8 Å². The quantitative estimate of drug-likeness (QED) is 0.823. The van der Waals surface area contributed by atoms with Crippen molar-refractivity contribution in [3.8, 4) is 0 Å². The Balaban J connectivity index is 2.55. The van der Waals surface area contributed by atoms with Crippen LogP contribution in [0, 0.1) is 0 Å². The Bertz CT molecular complexity index is 420. The Morgan fingerprint density at radius 2 is 2.12 bits per heavy atom. The minimum Gasteiger partial charge on any atom is -0.389 e. The average Bonchev–Trinajstić information content (AvgIpc) is 2.63. The molecule has 0 amide bonds. The van der Waals surface area contributed by atoms with Crippen molar-refractivity contribution in [3.63, 3.8) is 0 Å². The molecule has 0 saturated heterocycles. The molecule has 0 radical (unpaired) electrons. The highest BCUT2D eigenvalue weighted by molar-refractivity contribution is 7.91. The Morgan fingerprint density at radius 1 is 1.44 bits per heavy atom. The summed E-state index contributed by atoms with van der Waals surface area (Å²) in [7, 11) is -2.92. The second kappa shape index (κ2) is 5.50. The van der Waals surface area contributed by atoms with Gasteiger partial charge >= 0.3 is 0 Å². The van der Waals surface area contributed by atoms with Crippen molar-refractivity contribution in [2.45, 2.75) is 32.9 Å². The fourth-order valence-corrected chi connectivity index (χ4v) is 2.82. The van der Waals surface area contributed by atoms with Crippen LogP contribution >= 0.6 is 0 Å². The van der Waals surface area contributed by atoms with Gasteiger partial charge in [-0.25, -0.2) is 8.42 Å². The second-order valence-corrected chi connectivity index (χ2v) is 6.31. The maximum atomic E-state index is 11.5. The summed E-state index contributed by atoms with van der Waals surface area (Å²) in [4.78, 5) is 0. The zero-order chi connectivity index (χ0) is 12.2. The van der Waals surface area contributed by atoms with Crippen LogP contribution in [-0.2, 0) is 16.4 Å². The van der Waals surface area contributed by atoms with Crippen LogP contribution in [0.4, 0.5) is 0 Å². The molecule has 5 heteroatoms. The summed E-state index contributed by atoms with van der Waals surface area (Å²) in [5.41, 5.74) is 0.813. The predicted octanol–water partition coefficient (Wildman–Crippen LogP) is 1.37. The van der Waals surface area contributed by atoms with Gasteiger partial charge in [0.15, 0.2) is 9.84 Å². The molecule has 1 aromatic heterocycles. The summed E-state index contributed by atoms with van der Waals surface area (Å²) >= 11 is 0. The van der Waals surface area contributed by atoms with Crippen molar-refractivity contribution < 1.29 is 13.5 Å². The molecule has 0 aliphatic heterocycles. The largest absolute Gasteiger partial charge is 0.389 e. The highest BCUT2D eigenvalue weighted by Crippen LogP contribution is 2.11. The number of aliphatic hydroxyl groups is 1. The van der Waals surface area contributed by atoms with E-state index in [-0.39, 0.29) is 11.5 Å². The first-order valence-corrected chi connectivity index (χ1v) is 7.31. The lowest BCUT2D eigenvalue weighted by Crippen LogP contribution is -2.15. The zero-order valence-corrected chi connectivity index (χ0v) is 10.6. The molecule has 92 valence electrons. The molecule has 1 rings (SSSR count). The van der Waals surface area contributed by atoms with E-state index in [2.05, 4.69) is 0 Å². The summed E-state index contributed by atoms with van der Waals surface area (Å²) < 4.78 is 24.8. The van der Waals surface area contributed by atoms with Crippen LogP contribution in [0.2, 0.25) is 0 Å². The number of rotatable bonds is 6. The lowest BCUT2D eigenvalue weighted by molar-refractivity contribution is 0.199. The van der Waals surface area contributed by atoms with Crippen LogP contribution < -0.4 is 0 Å². The normalized spacial score (nSPS) is 13.9. The third kappa shape index (κ3) is 3.98. The van der Waals surface area contributed by atoms with Crippen molar-refractivity contribution in [1.82, 2.24) is 4.57 Å². The molecule has 0 saturated carbocycles. The van der Waals surface area contributed by atoms with Crippen LogP contribution in [0.25, 0.3) is 0 Å². The Kier molecular flexibility index (Phi) is 4.56. The van der Waals surface area contributed by atoms with Crippen LogP contribution in [-0.4, -0.2) is 29.6 Å². The molecule has 1 aromatic rings. The first-order valence-electron chi connectivity index (χ1n) is 5.49. The van der Waals surface area contributed by atoms with E-state index in [0.29, 0.717) is 13.0 Å². The first kappa shape index (κ1) is 13.3. The molecule has 1 heterocycles. The molecule has 0 aliphatic rings. The number of aryl methyl sites for hydroxylation is 1. The molecule has 16 heavy (non-hydrogen) atoms. The fourth-order valence-electron chi connectivity index (χ4n) is 1.50. The van der Waals surface area contributed by atoms with E-state index in [0.717, 1.165) is 5.56 Å². The van der Waals surface area contributed by atoms with E-state index in [9.17, 15) is 13.5 Å². The van der Waals surface area contributed by atoms with Gasteiger partial charge in [0.25, 0.3) is 0 Å². The Morgan fingerprint density at radius 3 is 2.62 bits per heavy atom. The lowest BCUT2D eigenvalue weighted by Gasteiger charge is -2.04. The van der Waals surface area contributed by atoms with Crippen molar-refractivity contribution in [1.29, 1.82) is 0 Å². The van der Waals surface area contributed by atoms with Crippen LogP contribution in [0.5, 0.6) is 0 Å². The van der Waals surface area contributed by atoms with Crippen LogP contribution in [0.1, 0.15) is 31.9 Å². The third-order valence-corrected chi connectivity index (χ3v) is 4.27. The van der Waals surface area contributed by atoms with Gasteiger partial charge in [0.1, 0.15) is 0 Å². The van der Waals surface area contributed by atoms with Crippen molar-refractivity contribution in [2.75, 3.05) is 11.5 Å². The van der Waals surface area contributed by atoms with Crippen LogP contribution in [0.3, 0.4) is 0 Å². The summed E-state index contributed by atoms with van der Waals surface area (Å²) in [6, 6.07) is 1.80. The summed E-state index contributed by atoms with van der Waals surface area (Å²) in [6.45, 7) is 4.00. The maximum Gasteiger partial charge on any atom is 0.152 e. The average molecular weight is 245 g/mol. The van der Waals surface area contributed by atoms with Gasteiger partial charge in [-0.05, 0) is 25.0 Å². The molecule has 1 unspecified atom stereocenters. The van der Waals surface area contributed by atoms with Gasteiger partial charge in [-0.15, -0.1) is 0 Å². The highest BCUT2D eigenvalue weighted by atomic mass is 32.2. The molecule has 4 nitrogen and oxygen atoms in total. The minimum atomic E-state index is -2.92. The lowest BCUT2D eigenvalue weighted by atomic mass is 10.2. The zero-order valence-electron chi connectivity index (χ0n) is 9.76. The summed E-state index contributed by atoms with van der Waals surface area (Å²) in [6.07, 6.45) is 3.73. The first-order chi connectivity index (χ1) is 7.44. The van der Waals surface area contributed by atoms with E-state index >= 15 is 0 Å². The highest BCUT2D eigenvalue weighted by Gasteiger charge is 2.09. The molecular formula is C11H19NO3S. The smallest absolute Gasteiger partial charge is 0.152 e. The van der Waals surface area contributed by atoms with Gasteiger partial charge in [0, 0.05) is 24.7 Å². The van der Waals surface area contributed by atoms with Gasteiger partial charge in [0.2, 0.25) is 0 Å². The monoisotopic (exact) mass is 245 g/mol. The van der Waals surface area contributed by atoms with Gasteiger partial charge in [-0.3, -0.25) is 0 Å². The number of aliphatic hydroxyl groups excluding tert-OH is 1. The predicted molar refractivity (Wildman–Crippen MR) is 64.0 cm³/mol. The minimum absolute atomic E-state index is 0.161. The van der Waals surface area contributed by atoms with Crippen molar-refractivity contribution in [2.24, 2.45) is 0 Å². The standard InChI is InChI=1S/C11H19NO3S/c1-3-7-16(14,15)8-6-12-5-4-11(9-12)10(2)13/h4-5,9-10,13H,3,6-8H2,1-2H3. The van der Waals surface area contributed by atoms with E-state index in [4.69, 9.17) is 0 Å². The number of aromatic nitrogens is 1. The Hall–Kier alpha value is -0.810. The van der Waals surface area contributed by atoms with E-state index in [1.54, 1.807) is 30.0 Å². The van der Waals surface area contributed by atoms with Gasteiger partial charge < -0.3 is 9.67 Å². The van der Waals surface area contributed by atoms with E-state index in [1.165, 1.54) is 0 Å². The topological polar surface area (TPSA) is 59.3 Å². The molecule has 0 bridgehead atoms. The molecule has 0 aromatic carbocycles. The van der Waals surface area contributed by atoms with Crippen LogP contribution in [0.15, 0.2) is 18.5 Å². The third-order valence-electron chi connectivity index (χ3n) is 2.43. The number of sulfone groups is 1. The summed E-state index contributed by atoms with van der Waals surface area (Å²) in [5.74, 6) is 0.409. The van der Waals surface area contributed by atoms with Crippen molar-refractivity contribution in [3.05, 3.63) is 24.0 Å². The summed E-state index contributed by atoms with van der Waals surface area (Å²) in [5, 5.41) is 9.32. The molecule has 0 fully saturated rings. The number of hydrogen-bond acceptors (Lipinski definition) is 3. The van der Waals surface area contributed by atoms with E-state index < -0.39 is 15.9 Å². The van der Waals surface area contributed by atoms with Gasteiger partial charge in [-0.1, -0.05) is 6.92 Å². The molecule has 0 spiro atoms. The van der Waals surface area contributed by atoms with Gasteiger partial charge in [0.05, 0.1) is 11.9 Å². The molecular weight excluding hydrogens is 226 g/mol. The SMILES string of the molecule is CCCS(=O)(=O)CCn1ccc(C(C)O)c1. The second-order valence-electron chi connectivity index (χ2n) is 4.01. The molecule has 1 N–H and O–H groups in total. The van der Waals surface area contributed by atoms with Gasteiger partial charge in [-0.2, -0.15) is 0 Å². The maximum absolute atomic E-state index is 11.5. The number of hydrogen-bond donors (Lipinski definition) is 1. The molecule has 0 aliphatic carbocycles. The molecule has 1 atom stereocenters. The number of nitrogens with zero attached hydrogens (tertiary/aromatic N) is 1. The fraction of sp³-hybridized carbons (Fsp3) is 0.636. The van der Waals surface area contributed by atoms with E-state index in [1.807, 2.05) is 6.92 Å². The van der Waals surface area contributed by atoms with Crippen molar-refractivity contribution >= 4 is 9.84 Å².